The van der Waals surface area contributed by atoms with Crippen molar-refractivity contribution >= 4 is 12.3 Å². The maximum absolute atomic E-state index is 11.4. The third-order valence-electron chi connectivity index (χ3n) is 3.74. The molecule has 2 aliphatic heterocycles. The number of amides is 2. The number of likely N-dealkylation sites (tertiary alicyclic amines) is 1. The maximum Gasteiger partial charge on any atom is 0.246 e. The summed E-state index contributed by atoms with van der Waals surface area (Å²) in [7, 11) is 0. The fraction of sp³-hybridized carbons (Fsp3) is 0.667. The van der Waals surface area contributed by atoms with E-state index in [9.17, 15) is 14.7 Å². The number of rotatable bonds is 4. The zero-order chi connectivity index (χ0) is 13.1. The van der Waals surface area contributed by atoms with E-state index in [2.05, 4.69) is 11.5 Å². The lowest BCUT2D eigenvalue weighted by Crippen LogP contribution is -2.67. The van der Waals surface area contributed by atoms with Gasteiger partial charge in [-0.05, 0) is 6.08 Å². The van der Waals surface area contributed by atoms with Gasteiger partial charge < -0.3 is 14.9 Å². The molecule has 0 radical (unpaired) electrons. The van der Waals surface area contributed by atoms with Gasteiger partial charge in [-0.3, -0.25) is 14.5 Å². The second-order valence-corrected chi connectivity index (χ2v) is 4.78. The number of aliphatic hydroxyl groups excluding tert-OH is 1. The number of carbonyl (C=O) groups excluding carboxylic acids is 2. The van der Waals surface area contributed by atoms with Gasteiger partial charge in [0.2, 0.25) is 12.3 Å². The minimum Gasteiger partial charge on any atom is -0.395 e. The number of hydrogen-bond acceptors (Lipinski definition) is 4. The van der Waals surface area contributed by atoms with Crippen LogP contribution < -0.4 is 0 Å². The summed E-state index contributed by atoms with van der Waals surface area (Å²) in [5, 5.41) is 9.38. The summed E-state index contributed by atoms with van der Waals surface area (Å²) in [6.07, 6.45) is 2.15. The molecule has 6 nitrogen and oxygen atoms in total. The zero-order valence-corrected chi connectivity index (χ0v) is 10.4. The standard InChI is InChI=1S/C12H19N3O3/c1-2-12(18)14-6-10(7-14)15-4-3-13(9-17)5-11(15)8-16/h2,9-11,16H,1,3-8H2. The van der Waals surface area contributed by atoms with E-state index in [1.165, 1.54) is 6.08 Å². The Morgan fingerprint density at radius 2 is 2.06 bits per heavy atom. The molecular formula is C12H19N3O3. The first-order valence-corrected chi connectivity index (χ1v) is 6.17. The van der Waals surface area contributed by atoms with Crippen molar-refractivity contribution < 1.29 is 14.7 Å². The van der Waals surface area contributed by atoms with Gasteiger partial charge in [0.1, 0.15) is 0 Å². The molecule has 0 aliphatic carbocycles. The van der Waals surface area contributed by atoms with Crippen LogP contribution in [0.3, 0.4) is 0 Å². The van der Waals surface area contributed by atoms with Gasteiger partial charge in [-0.15, -0.1) is 0 Å². The minimum absolute atomic E-state index is 0.0186. The Labute approximate surface area is 106 Å². The molecule has 18 heavy (non-hydrogen) atoms. The highest BCUT2D eigenvalue weighted by molar-refractivity contribution is 5.87. The largest absolute Gasteiger partial charge is 0.395 e. The van der Waals surface area contributed by atoms with Crippen LogP contribution in [0.15, 0.2) is 12.7 Å². The normalized spacial score (nSPS) is 25.7. The summed E-state index contributed by atoms with van der Waals surface area (Å²) in [6, 6.07) is 0.273. The lowest BCUT2D eigenvalue weighted by atomic mass is 10.0. The van der Waals surface area contributed by atoms with Gasteiger partial charge in [0, 0.05) is 38.8 Å². The van der Waals surface area contributed by atoms with Crippen molar-refractivity contribution in [3.63, 3.8) is 0 Å². The maximum atomic E-state index is 11.4. The monoisotopic (exact) mass is 253 g/mol. The average molecular weight is 253 g/mol. The van der Waals surface area contributed by atoms with Gasteiger partial charge in [0.05, 0.1) is 12.6 Å². The van der Waals surface area contributed by atoms with Crippen LogP contribution in [0.1, 0.15) is 0 Å². The number of piperazine rings is 1. The number of carbonyl (C=O) groups is 2. The van der Waals surface area contributed by atoms with Gasteiger partial charge in [-0.1, -0.05) is 6.58 Å². The van der Waals surface area contributed by atoms with E-state index in [-0.39, 0.29) is 18.6 Å². The quantitative estimate of drug-likeness (QED) is 0.490. The summed E-state index contributed by atoms with van der Waals surface area (Å²) >= 11 is 0. The van der Waals surface area contributed by atoms with Gasteiger partial charge >= 0.3 is 0 Å². The van der Waals surface area contributed by atoms with Crippen LogP contribution in [-0.2, 0) is 9.59 Å². The molecule has 6 heteroatoms. The van der Waals surface area contributed by atoms with Crippen LogP contribution >= 0.6 is 0 Å². The third-order valence-corrected chi connectivity index (χ3v) is 3.74. The topological polar surface area (TPSA) is 64.1 Å². The highest BCUT2D eigenvalue weighted by Crippen LogP contribution is 2.20. The second kappa shape index (κ2) is 5.49. The number of aliphatic hydroxyl groups is 1. The predicted octanol–water partition coefficient (Wildman–Crippen LogP) is -1.48. The number of hydrogen-bond donors (Lipinski definition) is 1. The Balaban J connectivity index is 1.88. The Morgan fingerprint density at radius 3 is 2.61 bits per heavy atom. The molecule has 2 fully saturated rings. The van der Waals surface area contributed by atoms with Crippen LogP contribution in [0, 0.1) is 0 Å². The molecule has 2 amide bonds. The Bertz CT molecular complexity index is 341. The molecule has 2 aliphatic rings. The van der Waals surface area contributed by atoms with E-state index in [1.807, 2.05) is 0 Å². The van der Waals surface area contributed by atoms with Crippen molar-refractivity contribution in [1.29, 1.82) is 0 Å². The van der Waals surface area contributed by atoms with Gasteiger partial charge in [0.25, 0.3) is 0 Å². The molecule has 0 saturated carbocycles. The summed E-state index contributed by atoms with van der Waals surface area (Å²) in [4.78, 5) is 27.7. The highest BCUT2D eigenvalue weighted by Gasteiger charge is 2.38. The second-order valence-electron chi connectivity index (χ2n) is 4.78. The van der Waals surface area contributed by atoms with E-state index in [4.69, 9.17) is 0 Å². The van der Waals surface area contributed by atoms with Crippen molar-refractivity contribution in [2.75, 3.05) is 39.3 Å². The first-order chi connectivity index (χ1) is 8.69. The van der Waals surface area contributed by atoms with Crippen LogP contribution in [0.25, 0.3) is 0 Å². The first-order valence-electron chi connectivity index (χ1n) is 6.17. The lowest BCUT2D eigenvalue weighted by molar-refractivity contribution is -0.136. The van der Waals surface area contributed by atoms with Crippen molar-refractivity contribution in [2.45, 2.75) is 12.1 Å². The molecule has 2 heterocycles. The summed E-state index contributed by atoms with van der Waals surface area (Å²) in [5.74, 6) is -0.0432. The highest BCUT2D eigenvalue weighted by atomic mass is 16.3. The minimum atomic E-state index is -0.0432. The van der Waals surface area contributed by atoms with E-state index in [0.717, 1.165) is 13.0 Å². The molecule has 2 saturated heterocycles. The van der Waals surface area contributed by atoms with E-state index in [1.54, 1.807) is 9.80 Å². The molecule has 0 aromatic carbocycles. The number of nitrogens with zero attached hydrogens (tertiary/aromatic N) is 3. The first kappa shape index (κ1) is 13.0. The third kappa shape index (κ3) is 2.39. The Kier molecular flexibility index (Phi) is 3.98. The van der Waals surface area contributed by atoms with Crippen LogP contribution in [-0.4, -0.2) is 83.5 Å². The SMILES string of the molecule is C=CC(=O)N1CC(N2CCN(C=O)CC2CO)C1. The lowest BCUT2D eigenvalue weighted by Gasteiger charge is -2.50. The van der Waals surface area contributed by atoms with Gasteiger partial charge in [0.15, 0.2) is 0 Å². The molecular weight excluding hydrogens is 234 g/mol. The summed E-state index contributed by atoms with van der Waals surface area (Å²) in [5.41, 5.74) is 0. The predicted molar refractivity (Wildman–Crippen MR) is 65.8 cm³/mol. The van der Waals surface area contributed by atoms with Gasteiger partial charge in [-0.25, -0.2) is 0 Å². The van der Waals surface area contributed by atoms with Crippen molar-refractivity contribution in [2.24, 2.45) is 0 Å². The van der Waals surface area contributed by atoms with E-state index in [0.29, 0.717) is 32.2 Å². The molecule has 1 atom stereocenters. The Hall–Kier alpha value is -1.40. The van der Waals surface area contributed by atoms with E-state index >= 15 is 0 Å². The van der Waals surface area contributed by atoms with Crippen molar-refractivity contribution in [3.05, 3.63) is 12.7 Å². The van der Waals surface area contributed by atoms with Gasteiger partial charge in [-0.2, -0.15) is 0 Å². The zero-order valence-electron chi connectivity index (χ0n) is 10.4. The average Bonchev–Trinajstić information content (AvgIpc) is 2.36. The van der Waals surface area contributed by atoms with Crippen LogP contribution in [0.2, 0.25) is 0 Å². The fourth-order valence-electron chi connectivity index (χ4n) is 2.61. The molecule has 0 aromatic rings. The molecule has 1 unspecified atom stereocenters. The smallest absolute Gasteiger partial charge is 0.246 e. The summed E-state index contributed by atoms with van der Waals surface area (Å²) < 4.78 is 0. The van der Waals surface area contributed by atoms with Crippen LogP contribution in [0.4, 0.5) is 0 Å². The molecule has 0 bridgehead atoms. The molecule has 0 spiro atoms. The van der Waals surface area contributed by atoms with Crippen molar-refractivity contribution in [1.82, 2.24) is 14.7 Å². The van der Waals surface area contributed by atoms with Crippen molar-refractivity contribution in [3.8, 4) is 0 Å². The molecule has 1 N–H and O–H groups in total. The molecule has 0 aromatic heterocycles. The fourth-order valence-corrected chi connectivity index (χ4v) is 2.61. The Morgan fingerprint density at radius 1 is 1.33 bits per heavy atom. The molecule has 100 valence electrons. The van der Waals surface area contributed by atoms with E-state index < -0.39 is 0 Å². The summed E-state index contributed by atoms with van der Waals surface area (Å²) in [6.45, 7) is 6.87. The molecule has 2 rings (SSSR count). The van der Waals surface area contributed by atoms with Crippen LogP contribution in [0.5, 0.6) is 0 Å².